The van der Waals surface area contributed by atoms with E-state index in [0.717, 1.165) is 5.56 Å². The Hall–Kier alpha value is -1.17. The fraction of sp³-hybridized carbons (Fsp3) is 0.600. The molecule has 0 aliphatic heterocycles. The second-order valence-corrected chi connectivity index (χ2v) is 4.90. The molecule has 20 heavy (non-hydrogen) atoms. The summed E-state index contributed by atoms with van der Waals surface area (Å²) in [5.74, 6) is 0.281. The highest BCUT2D eigenvalue weighted by Gasteiger charge is 2.20. The summed E-state index contributed by atoms with van der Waals surface area (Å²) in [5.41, 5.74) is 0.909. The van der Waals surface area contributed by atoms with Crippen LogP contribution < -0.4 is 10.1 Å². The molecule has 1 aliphatic rings. The van der Waals surface area contributed by atoms with E-state index in [1.165, 1.54) is 25.0 Å². The molecule has 1 saturated carbocycles. The van der Waals surface area contributed by atoms with Gasteiger partial charge in [0, 0.05) is 25.8 Å². The monoisotopic (exact) mass is 283 g/mol. The van der Waals surface area contributed by atoms with Gasteiger partial charge in [-0.3, -0.25) is 0 Å². The van der Waals surface area contributed by atoms with E-state index in [4.69, 9.17) is 14.2 Å². The summed E-state index contributed by atoms with van der Waals surface area (Å²) in [5, 5.41) is 3.36. The van der Waals surface area contributed by atoms with E-state index in [1.54, 1.807) is 7.11 Å². The van der Waals surface area contributed by atoms with Crippen LogP contribution in [0.15, 0.2) is 18.2 Å². The van der Waals surface area contributed by atoms with Gasteiger partial charge in [0.2, 0.25) is 0 Å². The zero-order valence-electron chi connectivity index (χ0n) is 11.9. The van der Waals surface area contributed by atoms with E-state index in [0.29, 0.717) is 44.8 Å². The fourth-order valence-electron chi connectivity index (χ4n) is 1.82. The second-order valence-electron chi connectivity index (χ2n) is 4.90. The Kier molecular flexibility index (Phi) is 6.24. The van der Waals surface area contributed by atoms with Gasteiger partial charge in [-0.2, -0.15) is 0 Å². The van der Waals surface area contributed by atoms with E-state index in [-0.39, 0.29) is 5.82 Å². The number of methoxy groups -OCH3 is 1. The lowest BCUT2D eigenvalue weighted by atomic mass is 10.2. The van der Waals surface area contributed by atoms with Crippen LogP contribution in [0.4, 0.5) is 4.39 Å². The molecule has 0 bridgehead atoms. The average Bonchev–Trinajstić information content (AvgIpc) is 3.24. The summed E-state index contributed by atoms with van der Waals surface area (Å²) >= 11 is 0. The number of ether oxygens (including phenoxy) is 3. The quantitative estimate of drug-likeness (QED) is 0.668. The van der Waals surface area contributed by atoms with Crippen LogP contribution in [0.2, 0.25) is 0 Å². The lowest BCUT2D eigenvalue weighted by Gasteiger charge is -2.09. The normalized spacial score (nSPS) is 14.5. The van der Waals surface area contributed by atoms with E-state index in [9.17, 15) is 4.39 Å². The number of halogens is 1. The minimum absolute atomic E-state index is 0.268. The molecule has 0 aromatic heterocycles. The minimum atomic E-state index is -0.268. The fourth-order valence-corrected chi connectivity index (χ4v) is 1.82. The van der Waals surface area contributed by atoms with Crippen LogP contribution in [-0.4, -0.2) is 39.6 Å². The van der Waals surface area contributed by atoms with Gasteiger partial charge >= 0.3 is 0 Å². The molecule has 2 rings (SSSR count). The number of hydrogen-bond donors (Lipinski definition) is 1. The van der Waals surface area contributed by atoms with Gasteiger partial charge in [-0.25, -0.2) is 4.39 Å². The molecule has 1 aromatic rings. The molecule has 0 heterocycles. The first kappa shape index (κ1) is 15.2. The van der Waals surface area contributed by atoms with Crippen molar-refractivity contribution < 1.29 is 18.6 Å². The number of nitrogens with one attached hydrogen (secondary N) is 1. The summed E-state index contributed by atoms with van der Waals surface area (Å²) in [6, 6.07) is 5.41. The molecule has 1 aromatic carbocycles. The summed E-state index contributed by atoms with van der Waals surface area (Å²) in [7, 11) is 1.63. The maximum Gasteiger partial charge on any atom is 0.127 e. The van der Waals surface area contributed by atoms with E-state index >= 15 is 0 Å². The van der Waals surface area contributed by atoms with Crippen LogP contribution in [-0.2, 0) is 16.0 Å². The smallest absolute Gasteiger partial charge is 0.127 e. The van der Waals surface area contributed by atoms with E-state index < -0.39 is 0 Å². The Morgan fingerprint density at radius 2 is 1.95 bits per heavy atom. The molecule has 0 amide bonds. The van der Waals surface area contributed by atoms with Crippen molar-refractivity contribution in [3.63, 3.8) is 0 Å². The summed E-state index contributed by atoms with van der Waals surface area (Å²) in [6.45, 7) is 2.66. The molecular weight excluding hydrogens is 261 g/mol. The molecule has 0 saturated heterocycles. The van der Waals surface area contributed by atoms with Crippen molar-refractivity contribution in [3.05, 3.63) is 29.6 Å². The molecule has 1 N–H and O–H groups in total. The zero-order chi connectivity index (χ0) is 14.2. The van der Waals surface area contributed by atoms with Crippen LogP contribution >= 0.6 is 0 Å². The maximum atomic E-state index is 13.5. The number of rotatable bonds is 10. The molecule has 1 fully saturated rings. The molecule has 0 radical (unpaired) electrons. The van der Waals surface area contributed by atoms with Crippen molar-refractivity contribution in [1.82, 2.24) is 5.32 Å². The van der Waals surface area contributed by atoms with E-state index in [2.05, 4.69) is 5.32 Å². The van der Waals surface area contributed by atoms with Crippen LogP contribution in [0.5, 0.6) is 5.75 Å². The Morgan fingerprint density at radius 3 is 2.70 bits per heavy atom. The molecule has 4 nitrogen and oxygen atoms in total. The third-order valence-corrected chi connectivity index (χ3v) is 3.03. The third-order valence-electron chi connectivity index (χ3n) is 3.03. The average molecular weight is 283 g/mol. The molecule has 112 valence electrons. The molecule has 0 atom stereocenters. The maximum absolute atomic E-state index is 13.5. The van der Waals surface area contributed by atoms with Gasteiger partial charge in [0.15, 0.2) is 0 Å². The molecule has 5 heteroatoms. The molecule has 0 unspecified atom stereocenters. The highest BCUT2D eigenvalue weighted by Crippen LogP contribution is 2.21. The zero-order valence-corrected chi connectivity index (χ0v) is 11.9. The first-order valence-electron chi connectivity index (χ1n) is 7.00. The highest BCUT2D eigenvalue weighted by molar-refractivity contribution is 5.29. The Labute approximate surface area is 119 Å². The molecular formula is C15H22FNO3. The van der Waals surface area contributed by atoms with Crippen LogP contribution in [0.1, 0.15) is 18.4 Å². The van der Waals surface area contributed by atoms with Crippen LogP contribution in [0.3, 0.4) is 0 Å². The lowest BCUT2D eigenvalue weighted by molar-refractivity contribution is 0.0543. The van der Waals surface area contributed by atoms with Crippen molar-refractivity contribution >= 4 is 0 Å². The van der Waals surface area contributed by atoms with Gasteiger partial charge in [-0.1, -0.05) is 0 Å². The topological polar surface area (TPSA) is 39.7 Å². The van der Waals surface area contributed by atoms with E-state index in [1.807, 2.05) is 6.07 Å². The van der Waals surface area contributed by atoms with Crippen molar-refractivity contribution in [1.29, 1.82) is 0 Å². The van der Waals surface area contributed by atoms with Crippen molar-refractivity contribution in [2.75, 3.05) is 33.5 Å². The Balaban J connectivity index is 1.72. The number of hydrogen-bond acceptors (Lipinski definition) is 4. The molecule has 1 aliphatic carbocycles. The lowest BCUT2D eigenvalue weighted by Crippen LogP contribution is -2.15. The first-order chi connectivity index (χ1) is 9.78. The SMILES string of the molecule is COCCOCCOc1cc(F)cc(CNC2CC2)c1. The summed E-state index contributed by atoms with van der Waals surface area (Å²) in [6.07, 6.45) is 2.44. The summed E-state index contributed by atoms with van der Waals surface area (Å²) in [4.78, 5) is 0. The van der Waals surface area contributed by atoms with Crippen molar-refractivity contribution in [3.8, 4) is 5.75 Å². The van der Waals surface area contributed by atoms with Crippen LogP contribution in [0.25, 0.3) is 0 Å². The van der Waals surface area contributed by atoms with Gasteiger partial charge < -0.3 is 19.5 Å². The summed E-state index contributed by atoms with van der Waals surface area (Å²) < 4.78 is 29.1. The second kappa shape index (κ2) is 8.19. The standard InChI is InChI=1S/C15H22FNO3/c1-18-4-5-19-6-7-20-15-9-12(8-13(16)10-15)11-17-14-2-3-14/h8-10,14,17H,2-7,11H2,1H3. The van der Waals surface area contributed by atoms with Gasteiger partial charge in [0.1, 0.15) is 18.2 Å². The largest absolute Gasteiger partial charge is 0.491 e. The van der Waals surface area contributed by atoms with Crippen molar-refractivity contribution in [2.24, 2.45) is 0 Å². The van der Waals surface area contributed by atoms with Gasteiger partial charge in [-0.05, 0) is 30.5 Å². The van der Waals surface area contributed by atoms with Crippen LogP contribution in [0, 0.1) is 5.82 Å². The number of benzene rings is 1. The minimum Gasteiger partial charge on any atom is -0.491 e. The van der Waals surface area contributed by atoms with Gasteiger partial charge in [0.25, 0.3) is 0 Å². The van der Waals surface area contributed by atoms with Gasteiger partial charge in [0.05, 0.1) is 19.8 Å². The molecule has 0 spiro atoms. The first-order valence-corrected chi connectivity index (χ1v) is 7.00. The third kappa shape index (κ3) is 5.86. The van der Waals surface area contributed by atoms with Gasteiger partial charge in [-0.15, -0.1) is 0 Å². The predicted molar refractivity (Wildman–Crippen MR) is 74.5 cm³/mol. The predicted octanol–water partition coefficient (Wildman–Crippen LogP) is 2.12. The Bertz CT molecular complexity index is 410. The highest BCUT2D eigenvalue weighted by atomic mass is 19.1. The van der Waals surface area contributed by atoms with Crippen molar-refractivity contribution in [2.45, 2.75) is 25.4 Å². The Morgan fingerprint density at radius 1 is 1.15 bits per heavy atom.